The minimum absolute atomic E-state index is 0.767. The summed E-state index contributed by atoms with van der Waals surface area (Å²) in [5.41, 5.74) is 0. The molecule has 0 spiro atoms. The number of nitrogens with one attached hydrogen (secondary N) is 2. The molecule has 0 aliphatic carbocycles. The molecule has 4 heterocycles. The molecule has 15 N–H and O–H groups in total. The first kappa shape index (κ1) is 46.3. The van der Waals surface area contributed by atoms with Gasteiger partial charge >= 0.3 is 5.97 Å². The number of rotatable bonds is 14. The Kier molecular flexibility index (Phi) is 15.8. The van der Waals surface area contributed by atoms with Gasteiger partial charge < -0.3 is 110 Å². The van der Waals surface area contributed by atoms with Crippen molar-refractivity contribution in [3.63, 3.8) is 0 Å². The summed E-state index contributed by atoms with van der Waals surface area (Å²) >= 11 is 0. The van der Waals surface area contributed by atoms with Gasteiger partial charge in [0.05, 0.1) is 38.1 Å². The van der Waals surface area contributed by atoms with Crippen LogP contribution in [0.1, 0.15) is 27.2 Å². The minimum atomic E-state index is -3.12. The second kappa shape index (κ2) is 19.1. The molecular formula is C31H52N2O23. The first-order valence-electron chi connectivity index (χ1n) is 17.6. The van der Waals surface area contributed by atoms with Crippen molar-refractivity contribution >= 4 is 17.8 Å². The summed E-state index contributed by atoms with van der Waals surface area (Å²) in [6.07, 6.45) is -35.1. The number of carbonyl (C=O) groups excluding carboxylic acids is 2. The van der Waals surface area contributed by atoms with Crippen molar-refractivity contribution < 1.29 is 114 Å². The number of carboxylic acid groups (broad SMARTS) is 1. The van der Waals surface area contributed by atoms with Crippen LogP contribution in [0.5, 0.6) is 0 Å². The molecule has 0 aromatic carbocycles. The highest BCUT2D eigenvalue weighted by molar-refractivity contribution is 5.76. The molecule has 0 bridgehead atoms. The Bertz CT molecular complexity index is 1330. The van der Waals surface area contributed by atoms with E-state index in [0.29, 0.717) is 0 Å². The maximum Gasteiger partial charge on any atom is 0.364 e. The van der Waals surface area contributed by atoms with Gasteiger partial charge in [-0.15, -0.1) is 0 Å². The summed E-state index contributed by atoms with van der Waals surface area (Å²) in [4.78, 5) is 37.0. The van der Waals surface area contributed by atoms with E-state index in [-0.39, 0.29) is 0 Å². The normalized spacial score (nSPS) is 45.7. The van der Waals surface area contributed by atoms with Crippen LogP contribution >= 0.6 is 0 Å². The fourth-order valence-corrected chi connectivity index (χ4v) is 6.99. The number of hydrogen-bond donors (Lipinski definition) is 15. The van der Waals surface area contributed by atoms with Crippen molar-refractivity contribution in [3.8, 4) is 0 Å². The molecule has 4 aliphatic heterocycles. The number of carbonyl (C=O) groups is 3. The largest absolute Gasteiger partial charge is 0.477 e. The molecule has 0 aromatic heterocycles. The zero-order valence-corrected chi connectivity index (χ0v) is 30.3. The molecule has 2 amide bonds. The van der Waals surface area contributed by atoms with Gasteiger partial charge in [0.1, 0.15) is 85.4 Å². The molecular weight excluding hydrogens is 768 g/mol. The predicted molar refractivity (Wildman–Crippen MR) is 173 cm³/mol. The van der Waals surface area contributed by atoms with E-state index in [4.69, 9.17) is 33.2 Å². The Labute approximate surface area is 317 Å². The highest BCUT2D eigenvalue weighted by atomic mass is 16.8. The van der Waals surface area contributed by atoms with Gasteiger partial charge in [-0.25, -0.2) is 4.79 Å². The molecule has 0 aromatic rings. The number of ether oxygens (including phenoxy) is 7. The highest BCUT2D eigenvalue weighted by Gasteiger charge is 2.60. The lowest BCUT2D eigenvalue weighted by atomic mass is 9.88. The third kappa shape index (κ3) is 9.74. The summed E-state index contributed by atoms with van der Waals surface area (Å²) in [7, 11) is 0. The van der Waals surface area contributed by atoms with Crippen molar-refractivity contribution in [1.29, 1.82) is 0 Å². The van der Waals surface area contributed by atoms with Crippen molar-refractivity contribution in [2.24, 2.45) is 0 Å². The summed E-state index contributed by atoms with van der Waals surface area (Å²) in [5, 5.41) is 142. The maximum absolute atomic E-state index is 12.9. The van der Waals surface area contributed by atoms with E-state index in [2.05, 4.69) is 10.6 Å². The monoisotopic (exact) mass is 820 g/mol. The molecule has 25 nitrogen and oxygen atoms in total. The van der Waals surface area contributed by atoms with Crippen LogP contribution in [0, 0.1) is 0 Å². The first-order chi connectivity index (χ1) is 26.2. The summed E-state index contributed by atoms with van der Waals surface area (Å²) in [6, 6.07) is -3.22. The Morgan fingerprint density at radius 3 is 1.86 bits per heavy atom. The second-order valence-corrected chi connectivity index (χ2v) is 14.0. The maximum atomic E-state index is 12.9. The van der Waals surface area contributed by atoms with Crippen LogP contribution in [0.15, 0.2) is 0 Å². The number of aliphatic hydroxyl groups excluding tert-OH is 12. The molecule has 4 fully saturated rings. The van der Waals surface area contributed by atoms with Crippen LogP contribution in [-0.4, -0.2) is 232 Å². The second-order valence-electron chi connectivity index (χ2n) is 14.0. The molecule has 56 heavy (non-hydrogen) atoms. The van der Waals surface area contributed by atoms with Crippen LogP contribution in [0.4, 0.5) is 0 Å². The Balaban J connectivity index is 1.71. The van der Waals surface area contributed by atoms with Crippen LogP contribution in [-0.2, 0) is 47.5 Å². The fraction of sp³-hybridized carbons (Fsp3) is 0.903. The van der Waals surface area contributed by atoms with Gasteiger partial charge in [0.2, 0.25) is 11.8 Å². The number of aliphatic hydroxyl groups is 12. The Morgan fingerprint density at radius 2 is 1.30 bits per heavy atom. The predicted octanol–water partition coefficient (Wildman–Crippen LogP) is -9.23. The number of hydrogen-bond acceptors (Lipinski definition) is 22. The molecule has 0 saturated carbocycles. The van der Waals surface area contributed by atoms with Crippen LogP contribution < -0.4 is 10.6 Å². The van der Waals surface area contributed by atoms with Gasteiger partial charge in [0.15, 0.2) is 18.9 Å². The number of aliphatic carboxylic acids is 1. The van der Waals surface area contributed by atoms with Crippen molar-refractivity contribution in [2.75, 3.05) is 19.8 Å². The van der Waals surface area contributed by atoms with Crippen LogP contribution in [0.2, 0.25) is 0 Å². The molecule has 324 valence electrons. The minimum Gasteiger partial charge on any atom is -0.477 e. The van der Waals surface area contributed by atoms with Gasteiger partial charge in [0, 0.05) is 20.3 Å². The van der Waals surface area contributed by atoms with E-state index in [1.54, 1.807) is 0 Å². The fourth-order valence-electron chi connectivity index (χ4n) is 6.99. The highest BCUT2D eigenvalue weighted by Crippen LogP contribution is 2.39. The van der Waals surface area contributed by atoms with E-state index in [1.165, 1.54) is 6.92 Å². The van der Waals surface area contributed by atoms with E-state index >= 15 is 0 Å². The average Bonchev–Trinajstić information content (AvgIpc) is 3.14. The molecule has 19 unspecified atom stereocenters. The van der Waals surface area contributed by atoms with Crippen molar-refractivity contribution in [3.05, 3.63) is 0 Å². The molecule has 4 saturated heterocycles. The molecule has 21 atom stereocenters. The lowest BCUT2D eigenvalue weighted by Gasteiger charge is -2.51. The van der Waals surface area contributed by atoms with E-state index in [1.807, 2.05) is 0 Å². The van der Waals surface area contributed by atoms with Gasteiger partial charge in [0.25, 0.3) is 5.79 Å². The third-order valence-electron chi connectivity index (χ3n) is 9.94. The lowest BCUT2D eigenvalue weighted by Crippen LogP contribution is -2.71. The zero-order chi connectivity index (χ0) is 42.0. The average molecular weight is 821 g/mol. The Hall–Kier alpha value is -2.35. The smallest absolute Gasteiger partial charge is 0.364 e. The van der Waals surface area contributed by atoms with Crippen molar-refractivity contribution in [1.82, 2.24) is 10.6 Å². The molecule has 4 rings (SSSR count). The van der Waals surface area contributed by atoms with Gasteiger partial charge in [-0.2, -0.15) is 0 Å². The summed E-state index contributed by atoms with van der Waals surface area (Å²) in [6.45, 7) is 0.283. The zero-order valence-electron chi connectivity index (χ0n) is 30.3. The van der Waals surface area contributed by atoms with E-state index in [0.717, 1.165) is 13.8 Å². The SMILES string of the molecule is CC(=O)NC1C(O)OC(CO)C(OC2OC(CO)C(O)C(OC3(C(=O)O)CC(O)C(NC(C)=O)C([C@@H](O)[C@@H](O)CO)O3)C2O)C1OC1OC(C)C(O)C(O)C1O. The van der Waals surface area contributed by atoms with Crippen molar-refractivity contribution in [2.45, 2.75) is 155 Å². The number of amides is 2. The standard InChI is InChI=1S/C31H52N2O23/c1-8-17(41)20(44)21(45)28(50-8)54-25-16(33-10(3)38)27(47)51-14(7-36)23(25)53-29-22(46)26(19(43)13(6-35)52-29)56-31(30(48)49)4-11(39)15(32-9(2)37)24(55-31)18(42)12(40)5-34/h8,11-29,34-36,39-47H,4-7H2,1-3H3,(H,32,37)(H,33,38)(H,48,49)/t8?,11?,12-,13?,14?,15?,16?,17?,18-,19?,20?,21?,22?,23?,24?,25?,26?,27?,28?,29?,31?/m0/s1. The van der Waals surface area contributed by atoms with Gasteiger partial charge in [-0.1, -0.05) is 0 Å². The Morgan fingerprint density at radius 1 is 0.732 bits per heavy atom. The summed E-state index contributed by atoms with van der Waals surface area (Å²) in [5.74, 6) is -6.69. The number of carboxylic acids is 1. The third-order valence-corrected chi connectivity index (χ3v) is 9.94. The lowest BCUT2D eigenvalue weighted by molar-refractivity contribution is -0.390. The van der Waals surface area contributed by atoms with Crippen LogP contribution in [0.25, 0.3) is 0 Å². The van der Waals surface area contributed by atoms with Crippen LogP contribution in [0.3, 0.4) is 0 Å². The topological polar surface area (TPSA) is 403 Å². The van der Waals surface area contributed by atoms with E-state index in [9.17, 15) is 80.8 Å². The molecule has 0 radical (unpaired) electrons. The van der Waals surface area contributed by atoms with Gasteiger partial charge in [-0.3, -0.25) is 9.59 Å². The molecule has 4 aliphatic rings. The summed E-state index contributed by atoms with van der Waals surface area (Å²) < 4.78 is 39.7. The first-order valence-corrected chi connectivity index (χ1v) is 17.6. The molecule has 25 heteroatoms. The van der Waals surface area contributed by atoms with Gasteiger partial charge in [-0.05, 0) is 6.92 Å². The van der Waals surface area contributed by atoms with E-state index < -0.39 is 172 Å². The quantitative estimate of drug-likeness (QED) is 0.0773.